The number of hydrogen-bond acceptors (Lipinski definition) is 2. The van der Waals surface area contributed by atoms with E-state index < -0.39 is 5.97 Å². The number of aliphatic hydroxyl groups is 1. The van der Waals surface area contributed by atoms with Gasteiger partial charge in [0.05, 0.1) is 0 Å². The quantitative estimate of drug-likeness (QED) is 0.820. The Hall–Kier alpha value is -2.39. The van der Waals surface area contributed by atoms with E-state index >= 15 is 0 Å². The van der Waals surface area contributed by atoms with Crippen molar-refractivity contribution in [2.75, 3.05) is 6.61 Å². The highest BCUT2D eigenvalue weighted by atomic mass is 16.4. The van der Waals surface area contributed by atoms with E-state index in [2.05, 4.69) is 19.1 Å². The second kappa shape index (κ2) is 10.4. The summed E-state index contributed by atoms with van der Waals surface area (Å²) in [6, 6.07) is 15.9. The van der Waals surface area contributed by atoms with E-state index in [1.807, 2.05) is 43.3 Å². The van der Waals surface area contributed by atoms with Gasteiger partial charge in [-0.15, -0.1) is 0 Å². The first-order valence-corrected chi connectivity index (χ1v) is 7.66. The zero-order chi connectivity index (χ0) is 17.1. The Morgan fingerprint density at radius 3 is 2.17 bits per heavy atom. The topological polar surface area (TPSA) is 57.5 Å². The number of hydrogen-bond donors (Lipinski definition) is 2. The summed E-state index contributed by atoms with van der Waals surface area (Å²) >= 11 is 0. The molecule has 122 valence electrons. The lowest BCUT2D eigenvalue weighted by Gasteiger charge is -2.02. The molecule has 2 aromatic carbocycles. The molecule has 0 saturated heterocycles. The van der Waals surface area contributed by atoms with Gasteiger partial charge in [-0.05, 0) is 55.0 Å². The average Bonchev–Trinajstić information content (AvgIpc) is 2.54. The van der Waals surface area contributed by atoms with Crippen LogP contribution in [0.2, 0.25) is 0 Å². The van der Waals surface area contributed by atoms with Crippen molar-refractivity contribution in [2.24, 2.45) is 0 Å². The van der Waals surface area contributed by atoms with Gasteiger partial charge < -0.3 is 10.2 Å². The van der Waals surface area contributed by atoms with Crippen LogP contribution in [0.3, 0.4) is 0 Å². The van der Waals surface area contributed by atoms with Gasteiger partial charge in [0.1, 0.15) is 0 Å². The monoisotopic (exact) mass is 312 g/mol. The molecule has 3 nitrogen and oxygen atoms in total. The Morgan fingerprint density at radius 2 is 1.61 bits per heavy atom. The SMILES string of the molecule is Cc1ccccc1/C=C/C(=O)O.Cc1ccccc1CCCO. The summed E-state index contributed by atoms with van der Waals surface area (Å²) < 4.78 is 0. The van der Waals surface area contributed by atoms with Crippen LogP contribution in [0.25, 0.3) is 6.08 Å². The summed E-state index contributed by atoms with van der Waals surface area (Å²) in [5.74, 6) is -0.918. The minimum atomic E-state index is -0.918. The number of rotatable bonds is 5. The Labute approximate surface area is 137 Å². The van der Waals surface area contributed by atoms with Gasteiger partial charge in [-0.2, -0.15) is 0 Å². The van der Waals surface area contributed by atoms with E-state index in [4.69, 9.17) is 10.2 Å². The molecule has 0 saturated carbocycles. The molecule has 0 aliphatic heterocycles. The lowest BCUT2D eigenvalue weighted by molar-refractivity contribution is -0.131. The minimum absolute atomic E-state index is 0.286. The molecule has 0 spiro atoms. The Kier molecular flexibility index (Phi) is 8.40. The lowest BCUT2D eigenvalue weighted by atomic mass is 10.0. The van der Waals surface area contributed by atoms with Gasteiger partial charge in [0.2, 0.25) is 0 Å². The standard InChI is InChI=1S/C10H10O2.C10H14O/c1-8-4-2-3-5-9(8)6-7-10(11)12;1-9-5-2-3-6-10(9)7-4-8-11/h2-7H,1H3,(H,11,12);2-3,5-6,11H,4,7-8H2,1H3/b7-6+;. The molecular weight excluding hydrogens is 288 g/mol. The molecule has 2 N–H and O–H groups in total. The van der Waals surface area contributed by atoms with Crippen LogP contribution < -0.4 is 0 Å². The van der Waals surface area contributed by atoms with Crippen LogP contribution in [-0.2, 0) is 11.2 Å². The number of aliphatic hydroxyl groups excluding tert-OH is 1. The average molecular weight is 312 g/mol. The molecule has 0 fully saturated rings. The fraction of sp³-hybridized carbons (Fsp3) is 0.250. The van der Waals surface area contributed by atoms with Crippen molar-refractivity contribution >= 4 is 12.0 Å². The molecule has 0 aliphatic rings. The second-order valence-electron chi connectivity index (χ2n) is 5.28. The zero-order valence-corrected chi connectivity index (χ0v) is 13.7. The number of aliphatic carboxylic acids is 1. The van der Waals surface area contributed by atoms with Crippen LogP contribution >= 0.6 is 0 Å². The van der Waals surface area contributed by atoms with Crippen molar-refractivity contribution in [1.82, 2.24) is 0 Å². The molecule has 0 aromatic heterocycles. The Morgan fingerprint density at radius 1 is 1.00 bits per heavy atom. The maximum absolute atomic E-state index is 10.2. The van der Waals surface area contributed by atoms with Crippen molar-refractivity contribution in [3.8, 4) is 0 Å². The van der Waals surface area contributed by atoms with Crippen LogP contribution in [-0.4, -0.2) is 22.8 Å². The first-order chi connectivity index (χ1) is 11.0. The molecule has 0 heterocycles. The van der Waals surface area contributed by atoms with Crippen LogP contribution in [0.4, 0.5) is 0 Å². The molecule has 0 aliphatic carbocycles. The molecule has 3 heteroatoms. The smallest absolute Gasteiger partial charge is 0.328 e. The molecule has 0 atom stereocenters. The highest BCUT2D eigenvalue weighted by Gasteiger charge is 1.94. The summed E-state index contributed by atoms with van der Waals surface area (Å²) in [6.07, 6.45) is 4.59. The van der Waals surface area contributed by atoms with Crippen LogP contribution in [0, 0.1) is 13.8 Å². The third kappa shape index (κ3) is 7.43. The van der Waals surface area contributed by atoms with Gasteiger partial charge in [-0.25, -0.2) is 4.79 Å². The predicted octanol–water partition coefficient (Wildman–Crippen LogP) is 4.01. The van der Waals surface area contributed by atoms with Gasteiger partial charge >= 0.3 is 5.97 Å². The molecule has 0 unspecified atom stereocenters. The number of aryl methyl sites for hydroxylation is 3. The lowest BCUT2D eigenvalue weighted by Crippen LogP contribution is -1.91. The summed E-state index contributed by atoms with van der Waals surface area (Å²) in [5.41, 5.74) is 4.69. The molecule has 2 aromatic rings. The van der Waals surface area contributed by atoms with E-state index in [9.17, 15) is 4.79 Å². The van der Waals surface area contributed by atoms with Crippen LogP contribution in [0.1, 0.15) is 28.7 Å². The number of benzene rings is 2. The number of carboxylic acids is 1. The largest absolute Gasteiger partial charge is 0.478 e. The molecular formula is C20H24O3. The normalized spacial score (nSPS) is 10.2. The summed E-state index contributed by atoms with van der Waals surface area (Å²) in [7, 11) is 0. The fourth-order valence-electron chi connectivity index (χ4n) is 2.09. The molecule has 23 heavy (non-hydrogen) atoms. The number of carbonyl (C=O) groups is 1. The van der Waals surface area contributed by atoms with E-state index in [1.54, 1.807) is 6.08 Å². The minimum Gasteiger partial charge on any atom is -0.478 e. The van der Waals surface area contributed by atoms with Gasteiger partial charge in [0, 0.05) is 12.7 Å². The molecule has 2 rings (SSSR count). The van der Waals surface area contributed by atoms with Gasteiger partial charge in [0.25, 0.3) is 0 Å². The predicted molar refractivity (Wildman–Crippen MR) is 94.4 cm³/mol. The van der Waals surface area contributed by atoms with E-state index in [1.165, 1.54) is 11.1 Å². The van der Waals surface area contributed by atoms with Crippen molar-refractivity contribution < 1.29 is 15.0 Å². The third-order valence-corrected chi connectivity index (χ3v) is 3.46. The van der Waals surface area contributed by atoms with Crippen molar-refractivity contribution in [3.63, 3.8) is 0 Å². The highest BCUT2D eigenvalue weighted by Crippen LogP contribution is 2.09. The van der Waals surface area contributed by atoms with E-state index in [0.29, 0.717) is 0 Å². The van der Waals surface area contributed by atoms with Crippen molar-refractivity contribution in [2.45, 2.75) is 26.7 Å². The van der Waals surface area contributed by atoms with Crippen LogP contribution in [0.5, 0.6) is 0 Å². The van der Waals surface area contributed by atoms with Crippen molar-refractivity contribution in [1.29, 1.82) is 0 Å². The third-order valence-electron chi connectivity index (χ3n) is 3.46. The van der Waals surface area contributed by atoms with Crippen LogP contribution in [0.15, 0.2) is 54.6 Å². The van der Waals surface area contributed by atoms with E-state index in [0.717, 1.165) is 30.0 Å². The maximum Gasteiger partial charge on any atom is 0.328 e. The molecule has 0 bridgehead atoms. The molecule has 0 radical (unpaired) electrons. The summed E-state index contributed by atoms with van der Waals surface area (Å²) in [6.45, 7) is 4.34. The second-order valence-corrected chi connectivity index (χ2v) is 5.28. The van der Waals surface area contributed by atoms with Gasteiger partial charge in [-0.3, -0.25) is 0 Å². The highest BCUT2D eigenvalue weighted by molar-refractivity contribution is 5.85. The summed E-state index contributed by atoms with van der Waals surface area (Å²) in [5, 5.41) is 17.0. The zero-order valence-electron chi connectivity index (χ0n) is 13.7. The maximum atomic E-state index is 10.2. The van der Waals surface area contributed by atoms with Gasteiger partial charge in [-0.1, -0.05) is 48.5 Å². The molecule has 0 amide bonds. The first-order valence-electron chi connectivity index (χ1n) is 7.66. The number of carboxylic acid groups (broad SMARTS) is 1. The fourth-order valence-corrected chi connectivity index (χ4v) is 2.09. The van der Waals surface area contributed by atoms with Crippen molar-refractivity contribution in [3.05, 3.63) is 76.9 Å². The Balaban J connectivity index is 0.000000231. The first kappa shape index (κ1) is 18.7. The summed E-state index contributed by atoms with van der Waals surface area (Å²) in [4.78, 5) is 10.2. The Bertz CT molecular complexity index is 645. The van der Waals surface area contributed by atoms with E-state index in [-0.39, 0.29) is 6.61 Å². The van der Waals surface area contributed by atoms with Gasteiger partial charge in [0.15, 0.2) is 0 Å².